The molecule has 2 fully saturated rings. The van der Waals surface area contributed by atoms with Gasteiger partial charge < -0.3 is 5.32 Å². The van der Waals surface area contributed by atoms with Gasteiger partial charge in [-0.1, -0.05) is 13.8 Å². The highest BCUT2D eigenvalue weighted by Gasteiger charge is 2.40. The van der Waals surface area contributed by atoms with Crippen molar-refractivity contribution in [3.8, 4) is 0 Å². The predicted molar refractivity (Wildman–Crippen MR) is 77.6 cm³/mol. The summed E-state index contributed by atoms with van der Waals surface area (Å²) in [7, 11) is 0. The zero-order valence-corrected chi connectivity index (χ0v) is 12.2. The van der Waals surface area contributed by atoms with Gasteiger partial charge in [0.05, 0.1) is 0 Å². The molecule has 1 nitrogen and oxygen atoms in total. The Balaban J connectivity index is 1.93. The van der Waals surface area contributed by atoms with E-state index in [1.165, 1.54) is 43.7 Å². The summed E-state index contributed by atoms with van der Waals surface area (Å²) in [6, 6.07) is 0.808. The first kappa shape index (κ1) is 13.1. The molecule has 16 heavy (non-hydrogen) atoms. The van der Waals surface area contributed by atoms with E-state index in [4.69, 9.17) is 0 Å². The van der Waals surface area contributed by atoms with Crippen LogP contribution in [0.4, 0.5) is 0 Å². The van der Waals surface area contributed by atoms with Gasteiger partial charge in [0.2, 0.25) is 0 Å². The number of rotatable bonds is 6. The Bertz CT molecular complexity index is 206. The van der Waals surface area contributed by atoms with Gasteiger partial charge in [-0.25, -0.2) is 0 Å². The van der Waals surface area contributed by atoms with Crippen molar-refractivity contribution >= 4 is 23.5 Å². The fraction of sp³-hybridized carbons (Fsp3) is 1.00. The van der Waals surface area contributed by atoms with Gasteiger partial charge in [0.15, 0.2) is 0 Å². The van der Waals surface area contributed by atoms with Gasteiger partial charge >= 0.3 is 0 Å². The Labute approximate surface area is 109 Å². The van der Waals surface area contributed by atoms with E-state index < -0.39 is 0 Å². The second-order valence-electron chi connectivity index (χ2n) is 4.97. The van der Waals surface area contributed by atoms with E-state index >= 15 is 0 Å². The third-order valence-corrected chi connectivity index (χ3v) is 6.98. The first-order chi connectivity index (χ1) is 7.86. The van der Waals surface area contributed by atoms with Crippen molar-refractivity contribution in [2.24, 2.45) is 5.92 Å². The van der Waals surface area contributed by atoms with Gasteiger partial charge in [-0.3, -0.25) is 0 Å². The van der Waals surface area contributed by atoms with E-state index in [0.717, 1.165) is 22.5 Å². The third-order valence-electron chi connectivity index (χ3n) is 3.61. The highest BCUT2D eigenvalue weighted by molar-refractivity contribution is 8.07. The van der Waals surface area contributed by atoms with E-state index in [-0.39, 0.29) is 0 Å². The van der Waals surface area contributed by atoms with E-state index in [0.29, 0.717) is 0 Å². The molecule has 2 rings (SSSR count). The van der Waals surface area contributed by atoms with Gasteiger partial charge in [-0.2, -0.15) is 23.5 Å². The zero-order valence-electron chi connectivity index (χ0n) is 10.6. The van der Waals surface area contributed by atoms with Crippen LogP contribution in [0.5, 0.6) is 0 Å². The Hall–Kier alpha value is 0.660. The normalized spacial score (nSPS) is 32.6. The Morgan fingerprint density at radius 3 is 2.56 bits per heavy atom. The van der Waals surface area contributed by atoms with Crippen molar-refractivity contribution in [2.45, 2.75) is 56.1 Å². The van der Waals surface area contributed by atoms with E-state index in [1.54, 1.807) is 0 Å². The summed E-state index contributed by atoms with van der Waals surface area (Å²) >= 11 is 4.46. The van der Waals surface area contributed by atoms with Crippen molar-refractivity contribution in [3.05, 3.63) is 0 Å². The quantitative estimate of drug-likeness (QED) is 0.785. The minimum Gasteiger partial charge on any atom is -0.313 e. The minimum atomic E-state index is 0.808. The fourth-order valence-corrected chi connectivity index (χ4v) is 5.93. The molecule has 0 spiro atoms. The Kier molecular flexibility index (Phi) is 5.37. The summed E-state index contributed by atoms with van der Waals surface area (Å²) in [5.74, 6) is 3.73. The maximum atomic E-state index is 3.83. The number of hydrogen-bond donors (Lipinski definition) is 1. The lowest BCUT2D eigenvalue weighted by molar-refractivity contribution is 0.437. The zero-order chi connectivity index (χ0) is 11.4. The smallest absolute Gasteiger partial charge is 0.0322 e. The molecule has 0 aromatic carbocycles. The lowest BCUT2D eigenvalue weighted by Gasteiger charge is -2.36. The van der Waals surface area contributed by atoms with Crippen LogP contribution >= 0.6 is 23.5 Å². The van der Waals surface area contributed by atoms with Crippen molar-refractivity contribution in [1.29, 1.82) is 0 Å². The molecule has 1 N–H and O–H groups in total. The highest BCUT2D eigenvalue weighted by atomic mass is 32.2. The lowest BCUT2D eigenvalue weighted by Crippen LogP contribution is -2.46. The second-order valence-corrected chi connectivity index (χ2v) is 7.60. The highest BCUT2D eigenvalue weighted by Crippen LogP contribution is 2.43. The molecule has 3 unspecified atom stereocenters. The Morgan fingerprint density at radius 2 is 1.94 bits per heavy atom. The van der Waals surface area contributed by atoms with Crippen molar-refractivity contribution in [3.63, 3.8) is 0 Å². The summed E-state index contributed by atoms with van der Waals surface area (Å²) in [4.78, 5) is 0. The molecule has 3 atom stereocenters. The van der Waals surface area contributed by atoms with Crippen LogP contribution in [0.3, 0.4) is 0 Å². The molecule has 1 saturated carbocycles. The maximum absolute atomic E-state index is 3.83. The standard InChI is InChI=1S/C13H25NS2/c1-3-7-14-12(10-5-6-10)13-11(4-2)15-8-9-16-13/h10-14H,3-9H2,1-2H3. The number of thioether (sulfide) groups is 2. The summed E-state index contributed by atoms with van der Waals surface area (Å²) in [6.07, 6.45) is 5.56. The second kappa shape index (κ2) is 6.55. The van der Waals surface area contributed by atoms with Crippen LogP contribution in [0.2, 0.25) is 0 Å². The summed E-state index contributed by atoms with van der Waals surface area (Å²) in [5, 5.41) is 5.61. The molecule has 2 aliphatic rings. The molecule has 0 amide bonds. The van der Waals surface area contributed by atoms with Crippen molar-refractivity contribution in [2.75, 3.05) is 18.1 Å². The molecule has 94 valence electrons. The van der Waals surface area contributed by atoms with Crippen LogP contribution in [-0.2, 0) is 0 Å². The van der Waals surface area contributed by atoms with Gasteiger partial charge in [-0.15, -0.1) is 0 Å². The van der Waals surface area contributed by atoms with Crippen LogP contribution in [0, 0.1) is 5.92 Å². The van der Waals surface area contributed by atoms with E-state index in [1.807, 2.05) is 0 Å². The topological polar surface area (TPSA) is 12.0 Å². The largest absolute Gasteiger partial charge is 0.313 e. The number of nitrogens with one attached hydrogen (secondary N) is 1. The Morgan fingerprint density at radius 1 is 1.19 bits per heavy atom. The van der Waals surface area contributed by atoms with Crippen LogP contribution in [0.25, 0.3) is 0 Å². The van der Waals surface area contributed by atoms with Crippen LogP contribution in [-0.4, -0.2) is 34.6 Å². The van der Waals surface area contributed by atoms with Gasteiger partial charge in [0, 0.05) is 28.0 Å². The average molecular weight is 259 g/mol. The summed E-state index contributed by atoms with van der Waals surface area (Å²) < 4.78 is 0. The van der Waals surface area contributed by atoms with Crippen LogP contribution < -0.4 is 5.32 Å². The minimum absolute atomic E-state index is 0.808. The predicted octanol–water partition coefficient (Wildman–Crippen LogP) is 3.39. The van der Waals surface area contributed by atoms with Gasteiger partial charge in [0.1, 0.15) is 0 Å². The van der Waals surface area contributed by atoms with Crippen molar-refractivity contribution in [1.82, 2.24) is 5.32 Å². The molecule has 3 heteroatoms. The summed E-state index contributed by atoms with van der Waals surface area (Å²) in [5.41, 5.74) is 0. The maximum Gasteiger partial charge on any atom is 0.0322 e. The molecule has 1 saturated heterocycles. The summed E-state index contributed by atoms with van der Waals surface area (Å²) in [6.45, 7) is 5.84. The van der Waals surface area contributed by atoms with Crippen LogP contribution in [0.15, 0.2) is 0 Å². The first-order valence-electron chi connectivity index (χ1n) is 6.83. The molecule has 0 aromatic rings. The van der Waals surface area contributed by atoms with Crippen LogP contribution in [0.1, 0.15) is 39.5 Å². The van der Waals surface area contributed by atoms with E-state index in [2.05, 4.69) is 42.7 Å². The molecular formula is C13H25NS2. The SMILES string of the molecule is CCCNC(C1CC1)C1SCCSC1CC. The molecule has 0 aromatic heterocycles. The van der Waals surface area contributed by atoms with Gasteiger partial charge in [-0.05, 0) is 38.1 Å². The lowest BCUT2D eigenvalue weighted by atomic mass is 10.0. The van der Waals surface area contributed by atoms with Crippen molar-refractivity contribution < 1.29 is 0 Å². The molecular weight excluding hydrogens is 234 g/mol. The molecule has 1 aliphatic heterocycles. The molecule has 0 radical (unpaired) electrons. The number of hydrogen-bond acceptors (Lipinski definition) is 3. The van der Waals surface area contributed by atoms with E-state index in [9.17, 15) is 0 Å². The molecule has 1 aliphatic carbocycles. The molecule has 1 heterocycles. The average Bonchev–Trinajstić information content (AvgIpc) is 3.14. The molecule has 0 bridgehead atoms. The monoisotopic (exact) mass is 259 g/mol. The first-order valence-corrected chi connectivity index (χ1v) is 8.93. The third kappa shape index (κ3) is 3.33. The van der Waals surface area contributed by atoms with Gasteiger partial charge in [0.25, 0.3) is 0 Å². The fourth-order valence-electron chi connectivity index (χ4n) is 2.59.